The molecule has 1 saturated carbocycles. The molecule has 1 saturated heterocycles. The number of carbonyl (C=O) groups is 1. The van der Waals surface area contributed by atoms with E-state index in [1.165, 1.54) is 5.56 Å². The molecule has 0 bridgehead atoms. The van der Waals surface area contributed by atoms with Crippen molar-refractivity contribution in [2.75, 3.05) is 20.3 Å². The summed E-state index contributed by atoms with van der Waals surface area (Å²) < 4.78 is 10.8. The van der Waals surface area contributed by atoms with E-state index in [1.807, 2.05) is 12.1 Å². The minimum absolute atomic E-state index is 0.0922. The van der Waals surface area contributed by atoms with E-state index in [9.17, 15) is 9.90 Å². The molecule has 1 aliphatic heterocycles. The zero-order chi connectivity index (χ0) is 16.7. The van der Waals surface area contributed by atoms with E-state index in [-0.39, 0.29) is 17.5 Å². The minimum Gasteiger partial charge on any atom is -0.512 e. The zero-order valence-electron chi connectivity index (χ0n) is 14.1. The van der Waals surface area contributed by atoms with Crippen LogP contribution in [0.15, 0.2) is 24.0 Å². The SMILES string of the molecule is COc1ccc(C2CC2)c(C2=C(O)CC(CC3CCOC3)C2=O)c1. The number of ketones is 1. The highest BCUT2D eigenvalue weighted by atomic mass is 16.5. The Labute approximate surface area is 142 Å². The van der Waals surface area contributed by atoms with Crippen LogP contribution < -0.4 is 4.74 Å². The van der Waals surface area contributed by atoms with Gasteiger partial charge in [0.1, 0.15) is 11.5 Å². The van der Waals surface area contributed by atoms with E-state index in [0.717, 1.165) is 50.2 Å². The smallest absolute Gasteiger partial charge is 0.170 e. The molecule has 0 amide bonds. The third kappa shape index (κ3) is 2.84. The molecule has 4 nitrogen and oxygen atoms in total. The monoisotopic (exact) mass is 328 g/mol. The Balaban J connectivity index is 1.63. The van der Waals surface area contributed by atoms with E-state index in [4.69, 9.17) is 9.47 Å². The van der Waals surface area contributed by atoms with Crippen molar-refractivity contribution < 1.29 is 19.4 Å². The second-order valence-corrected chi connectivity index (χ2v) is 7.28. The molecule has 2 unspecified atom stereocenters. The number of hydrogen-bond donors (Lipinski definition) is 1. The normalized spacial score (nSPS) is 27.1. The summed E-state index contributed by atoms with van der Waals surface area (Å²) >= 11 is 0. The fraction of sp³-hybridized carbons (Fsp3) is 0.550. The quantitative estimate of drug-likeness (QED) is 0.892. The van der Waals surface area contributed by atoms with Gasteiger partial charge in [-0.15, -0.1) is 0 Å². The van der Waals surface area contributed by atoms with Gasteiger partial charge in [-0.1, -0.05) is 6.07 Å². The molecule has 1 aromatic rings. The number of aliphatic hydroxyl groups excluding tert-OH is 1. The molecule has 2 aliphatic carbocycles. The van der Waals surface area contributed by atoms with Crippen LogP contribution in [0, 0.1) is 11.8 Å². The molecule has 0 aromatic heterocycles. The summed E-state index contributed by atoms with van der Waals surface area (Å²) in [6.45, 7) is 1.53. The highest BCUT2D eigenvalue weighted by Crippen LogP contribution is 2.47. The third-order valence-electron chi connectivity index (χ3n) is 5.53. The average Bonchev–Trinajstić information content (AvgIpc) is 3.23. The standard InChI is InChI=1S/C20H24O4/c1-23-15-4-5-16(13-2-3-13)17(10-15)19-18(21)9-14(20(19)22)8-12-6-7-24-11-12/h4-5,10,12-14,21H,2-3,6-9,11H2,1H3. The van der Waals surface area contributed by atoms with Crippen molar-refractivity contribution in [1.29, 1.82) is 0 Å². The minimum atomic E-state index is -0.107. The maximum absolute atomic E-state index is 13.0. The first-order valence-electron chi connectivity index (χ1n) is 8.89. The molecular formula is C20H24O4. The summed E-state index contributed by atoms with van der Waals surface area (Å²) in [6, 6.07) is 5.91. The van der Waals surface area contributed by atoms with Gasteiger partial charge in [0, 0.05) is 25.6 Å². The number of allylic oxidation sites excluding steroid dienone is 2. The highest BCUT2D eigenvalue weighted by molar-refractivity contribution is 6.24. The summed E-state index contributed by atoms with van der Waals surface area (Å²) in [7, 11) is 1.63. The first-order chi connectivity index (χ1) is 11.7. The van der Waals surface area contributed by atoms with Crippen LogP contribution >= 0.6 is 0 Å². The molecule has 2 fully saturated rings. The number of hydrogen-bond acceptors (Lipinski definition) is 4. The van der Waals surface area contributed by atoms with Crippen molar-refractivity contribution in [2.45, 2.75) is 38.0 Å². The molecule has 1 aromatic carbocycles. The fourth-order valence-corrected chi connectivity index (χ4v) is 4.05. The Morgan fingerprint density at radius 2 is 2.12 bits per heavy atom. The summed E-state index contributed by atoms with van der Waals surface area (Å²) in [4.78, 5) is 13.0. The molecular weight excluding hydrogens is 304 g/mol. The molecule has 3 aliphatic rings. The Morgan fingerprint density at radius 3 is 2.79 bits per heavy atom. The molecule has 4 heteroatoms. The molecule has 2 atom stereocenters. The number of ether oxygens (including phenoxy) is 2. The number of aliphatic hydroxyl groups is 1. The lowest BCUT2D eigenvalue weighted by Gasteiger charge is -2.15. The first kappa shape index (κ1) is 15.7. The van der Waals surface area contributed by atoms with Crippen LogP contribution in [0.1, 0.15) is 49.1 Å². The van der Waals surface area contributed by atoms with Crippen molar-refractivity contribution in [3.05, 3.63) is 35.1 Å². The Bertz CT molecular complexity index is 681. The highest BCUT2D eigenvalue weighted by Gasteiger charge is 2.38. The summed E-state index contributed by atoms with van der Waals surface area (Å²) in [6.07, 6.45) is 4.61. The Morgan fingerprint density at radius 1 is 1.29 bits per heavy atom. The van der Waals surface area contributed by atoms with Gasteiger partial charge < -0.3 is 14.6 Å². The van der Waals surface area contributed by atoms with Crippen LogP contribution in [0.4, 0.5) is 0 Å². The Kier molecular flexibility index (Phi) is 4.09. The van der Waals surface area contributed by atoms with Crippen molar-refractivity contribution >= 4 is 11.4 Å². The summed E-state index contributed by atoms with van der Waals surface area (Å²) in [5.41, 5.74) is 2.58. The van der Waals surface area contributed by atoms with Crippen molar-refractivity contribution in [2.24, 2.45) is 11.8 Å². The van der Waals surface area contributed by atoms with Crippen LogP contribution in [0.3, 0.4) is 0 Å². The summed E-state index contributed by atoms with van der Waals surface area (Å²) in [5.74, 6) is 1.93. The largest absolute Gasteiger partial charge is 0.512 e. The van der Waals surface area contributed by atoms with Crippen LogP contribution in [0.5, 0.6) is 5.75 Å². The van der Waals surface area contributed by atoms with E-state index in [2.05, 4.69) is 6.07 Å². The average molecular weight is 328 g/mol. The zero-order valence-corrected chi connectivity index (χ0v) is 14.1. The van der Waals surface area contributed by atoms with Crippen molar-refractivity contribution in [3.8, 4) is 5.75 Å². The Hall–Kier alpha value is -1.81. The van der Waals surface area contributed by atoms with Gasteiger partial charge in [0.05, 0.1) is 12.7 Å². The number of benzene rings is 1. The van der Waals surface area contributed by atoms with Gasteiger partial charge in [-0.05, 0) is 60.8 Å². The fourth-order valence-electron chi connectivity index (χ4n) is 4.05. The number of rotatable bonds is 5. The topological polar surface area (TPSA) is 55.8 Å². The maximum Gasteiger partial charge on any atom is 0.170 e. The molecule has 24 heavy (non-hydrogen) atoms. The van der Waals surface area contributed by atoms with Crippen molar-refractivity contribution in [1.82, 2.24) is 0 Å². The van der Waals surface area contributed by atoms with Gasteiger partial charge in [-0.25, -0.2) is 0 Å². The van der Waals surface area contributed by atoms with Gasteiger partial charge in [0.2, 0.25) is 0 Å². The molecule has 128 valence electrons. The third-order valence-corrected chi connectivity index (χ3v) is 5.53. The van der Waals surface area contributed by atoms with Crippen LogP contribution in [0.25, 0.3) is 5.57 Å². The van der Waals surface area contributed by atoms with Crippen LogP contribution in [0.2, 0.25) is 0 Å². The molecule has 0 radical (unpaired) electrons. The molecule has 1 heterocycles. The molecule has 1 N–H and O–H groups in total. The van der Waals surface area contributed by atoms with Crippen LogP contribution in [-0.4, -0.2) is 31.2 Å². The van der Waals surface area contributed by atoms with Gasteiger partial charge in [-0.3, -0.25) is 4.79 Å². The molecule has 0 spiro atoms. The lowest BCUT2D eigenvalue weighted by molar-refractivity contribution is -0.117. The lowest BCUT2D eigenvalue weighted by atomic mass is 9.88. The van der Waals surface area contributed by atoms with Crippen LogP contribution in [-0.2, 0) is 9.53 Å². The van der Waals surface area contributed by atoms with E-state index in [1.54, 1.807) is 7.11 Å². The predicted molar refractivity (Wildman–Crippen MR) is 91.2 cm³/mol. The van der Waals surface area contributed by atoms with Crippen molar-refractivity contribution in [3.63, 3.8) is 0 Å². The van der Waals surface area contributed by atoms with E-state index >= 15 is 0 Å². The van der Waals surface area contributed by atoms with Gasteiger partial charge >= 0.3 is 0 Å². The van der Waals surface area contributed by atoms with Gasteiger partial charge in [-0.2, -0.15) is 0 Å². The van der Waals surface area contributed by atoms with E-state index < -0.39 is 0 Å². The maximum atomic E-state index is 13.0. The van der Waals surface area contributed by atoms with Gasteiger partial charge in [0.25, 0.3) is 0 Å². The predicted octanol–water partition coefficient (Wildman–Crippen LogP) is 3.86. The number of Topliss-reactive ketones (excluding diaryl/α,β-unsaturated/α-hetero) is 1. The molecule has 4 rings (SSSR count). The van der Waals surface area contributed by atoms with E-state index in [0.29, 0.717) is 23.8 Å². The summed E-state index contributed by atoms with van der Waals surface area (Å²) in [5, 5.41) is 10.5. The first-order valence-corrected chi connectivity index (χ1v) is 8.89. The number of carbonyl (C=O) groups excluding carboxylic acids is 1. The number of methoxy groups -OCH3 is 1. The lowest BCUT2D eigenvalue weighted by Crippen LogP contribution is -2.15. The second-order valence-electron chi connectivity index (χ2n) is 7.28. The second kappa shape index (κ2) is 6.25. The van der Waals surface area contributed by atoms with Gasteiger partial charge in [0.15, 0.2) is 5.78 Å².